The highest BCUT2D eigenvalue weighted by molar-refractivity contribution is 4.79. The molecular weight excluding hydrogens is 128 g/mol. The fourth-order valence-corrected chi connectivity index (χ4v) is 1.38. The van der Waals surface area contributed by atoms with E-state index in [0.29, 0.717) is 0 Å². The van der Waals surface area contributed by atoms with Crippen molar-refractivity contribution < 1.29 is 0 Å². The van der Waals surface area contributed by atoms with Crippen molar-refractivity contribution in [3.8, 4) is 0 Å². The molecule has 10 heavy (non-hydrogen) atoms. The van der Waals surface area contributed by atoms with Gasteiger partial charge in [-0.05, 0) is 24.8 Å². The molecule has 0 saturated heterocycles. The van der Waals surface area contributed by atoms with E-state index in [2.05, 4.69) is 10.0 Å². The monoisotopic (exact) mass is 140 g/mol. The molecule has 0 aromatic rings. The molecule has 0 unspecified atom stereocenters. The summed E-state index contributed by atoms with van der Waals surface area (Å²) in [6.07, 6.45) is 4.06. The van der Waals surface area contributed by atoms with Crippen molar-refractivity contribution in [1.29, 1.82) is 0 Å². The molecule has 1 aliphatic carbocycles. The Bertz CT molecular complexity index is 150. The van der Waals surface area contributed by atoms with Gasteiger partial charge in [0.05, 0.1) is 0 Å². The Labute approximate surface area is 60.0 Å². The van der Waals surface area contributed by atoms with Crippen molar-refractivity contribution in [2.45, 2.75) is 37.8 Å². The summed E-state index contributed by atoms with van der Waals surface area (Å²) >= 11 is 0. The van der Waals surface area contributed by atoms with E-state index in [-0.39, 0.29) is 12.1 Å². The molecule has 4 heteroatoms. The number of hydrogen-bond acceptors (Lipinski definition) is 2. The molecule has 56 valence electrons. The Morgan fingerprint density at radius 3 is 2.90 bits per heavy atom. The van der Waals surface area contributed by atoms with Gasteiger partial charge in [-0.2, -0.15) is 0 Å². The van der Waals surface area contributed by atoms with E-state index in [9.17, 15) is 0 Å². The summed E-state index contributed by atoms with van der Waals surface area (Å²) in [5.74, 6) is 0. The van der Waals surface area contributed by atoms with Crippen molar-refractivity contribution in [2.24, 2.45) is 10.8 Å². The third kappa shape index (κ3) is 1.90. The van der Waals surface area contributed by atoms with Crippen LogP contribution in [0.3, 0.4) is 0 Å². The molecule has 0 heterocycles. The van der Waals surface area contributed by atoms with Crippen LogP contribution >= 0.6 is 0 Å². The van der Waals surface area contributed by atoms with Crippen LogP contribution in [-0.4, -0.2) is 12.1 Å². The van der Waals surface area contributed by atoms with Gasteiger partial charge in [0.25, 0.3) is 0 Å². The first-order chi connectivity index (χ1) is 4.83. The van der Waals surface area contributed by atoms with Crippen LogP contribution in [0.15, 0.2) is 5.11 Å². The van der Waals surface area contributed by atoms with E-state index in [4.69, 9.17) is 11.3 Å². The lowest BCUT2D eigenvalue weighted by Crippen LogP contribution is -2.29. The highest BCUT2D eigenvalue weighted by Crippen LogP contribution is 2.19. The Kier molecular flexibility index (Phi) is 2.54. The first kappa shape index (κ1) is 7.38. The van der Waals surface area contributed by atoms with Crippen LogP contribution in [0.2, 0.25) is 0 Å². The van der Waals surface area contributed by atoms with Gasteiger partial charge in [-0.3, -0.25) is 0 Å². The Morgan fingerprint density at radius 1 is 1.50 bits per heavy atom. The standard InChI is InChI=1S/C6H12N4/c7-5-2-1-3-6(4-5)9-10-8/h5-6H,1-4,7H2/t5-,6+/m1/s1. The lowest BCUT2D eigenvalue weighted by atomic mass is 9.92. The predicted molar refractivity (Wildman–Crippen MR) is 39.4 cm³/mol. The average Bonchev–Trinajstić information content (AvgIpc) is 1.88. The Hall–Kier alpha value is -0.730. The number of nitrogens with zero attached hydrogens (tertiary/aromatic N) is 3. The topological polar surface area (TPSA) is 74.8 Å². The van der Waals surface area contributed by atoms with Crippen LogP contribution in [0.25, 0.3) is 10.4 Å². The molecule has 0 spiro atoms. The first-order valence-corrected chi connectivity index (χ1v) is 3.62. The van der Waals surface area contributed by atoms with Crippen molar-refractivity contribution in [2.75, 3.05) is 0 Å². The first-order valence-electron chi connectivity index (χ1n) is 3.62. The van der Waals surface area contributed by atoms with Crippen molar-refractivity contribution in [1.82, 2.24) is 0 Å². The van der Waals surface area contributed by atoms with Gasteiger partial charge in [-0.25, -0.2) is 0 Å². The van der Waals surface area contributed by atoms with Crippen molar-refractivity contribution >= 4 is 0 Å². The zero-order valence-corrected chi connectivity index (χ0v) is 5.90. The summed E-state index contributed by atoms with van der Waals surface area (Å²) in [7, 11) is 0. The number of hydrogen-bond donors (Lipinski definition) is 1. The highest BCUT2D eigenvalue weighted by atomic mass is 15.1. The maximum atomic E-state index is 8.12. The summed E-state index contributed by atoms with van der Waals surface area (Å²) in [4.78, 5) is 2.76. The summed E-state index contributed by atoms with van der Waals surface area (Å²) in [5.41, 5.74) is 13.8. The molecule has 1 rings (SSSR count). The van der Waals surface area contributed by atoms with Gasteiger partial charge >= 0.3 is 0 Å². The number of nitrogens with two attached hydrogens (primary N) is 1. The van der Waals surface area contributed by atoms with E-state index < -0.39 is 0 Å². The molecule has 2 N–H and O–H groups in total. The summed E-state index contributed by atoms with van der Waals surface area (Å²) in [5, 5.41) is 3.63. The molecule has 2 atom stereocenters. The molecular formula is C6H12N4. The minimum absolute atomic E-state index is 0.161. The molecule has 0 aromatic carbocycles. The minimum Gasteiger partial charge on any atom is -0.328 e. The van der Waals surface area contributed by atoms with E-state index in [1.54, 1.807) is 0 Å². The second-order valence-electron chi connectivity index (χ2n) is 2.79. The predicted octanol–water partition coefficient (Wildman–Crippen LogP) is 1.57. The smallest absolute Gasteiger partial charge is 0.0388 e. The fourth-order valence-electron chi connectivity index (χ4n) is 1.38. The third-order valence-corrected chi connectivity index (χ3v) is 1.90. The van der Waals surface area contributed by atoms with Crippen LogP contribution in [0.4, 0.5) is 0 Å². The van der Waals surface area contributed by atoms with Crippen LogP contribution in [0.1, 0.15) is 25.7 Å². The maximum Gasteiger partial charge on any atom is 0.0388 e. The van der Waals surface area contributed by atoms with E-state index in [0.717, 1.165) is 25.7 Å². The second kappa shape index (κ2) is 3.44. The van der Waals surface area contributed by atoms with Gasteiger partial charge in [0, 0.05) is 17.0 Å². The number of azide groups is 1. The molecule has 0 aliphatic heterocycles. The van der Waals surface area contributed by atoms with Crippen molar-refractivity contribution in [3.05, 3.63) is 10.4 Å². The molecule has 1 fully saturated rings. The summed E-state index contributed by atoms with van der Waals surface area (Å²) in [6.45, 7) is 0. The van der Waals surface area contributed by atoms with E-state index in [1.165, 1.54) is 0 Å². The Morgan fingerprint density at radius 2 is 2.30 bits per heavy atom. The quantitative estimate of drug-likeness (QED) is 0.335. The van der Waals surface area contributed by atoms with Gasteiger partial charge in [0.15, 0.2) is 0 Å². The van der Waals surface area contributed by atoms with Gasteiger partial charge in [0.2, 0.25) is 0 Å². The molecule has 1 saturated carbocycles. The zero-order chi connectivity index (χ0) is 7.40. The van der Waals surface area contributed by atoms with Crippen molar-refractivity contribution in [3.63, 3.8) is 0 Å². The Balaban J connectivity index is 2.39. The molecule has 0 amide bonds. The summed E-state index contributed by atoms with van der Waals surface area (Å²) < 4.78 is 0. The summed E-state index contributed by atoms with van der Waals surface area (Å²) in [6, 6.07) is 0.415. The second-order valence-corrected chi connectivity index (χ2v) is 2.79. The van der Waals surface area contributed by atoms with Gasteiger partial charge in [0.1, 0.15) is 0 Å². The molecule has 0 aromatic heterocycles. The highest BCUT2D eigenvalue weighted by Gasteiger charge is 2.17. The van der Waals surface area contributed by atoms with Gasteiger partial charge < -0.3 is 5.73 Å². The zero-order valence-electron chi connectivity index (χ0n) is 5.90. The third-order valence-electron chi connectivity index (χ3n) is 1.90. The molecule has 0 bridgehead atoms. The maximum absolute atomic E-state index is 8.12. The molecule has 0 radical (unpaired) electrons. The lowest BCUT2D eigenvalue weighted by molar-refractivity contribution is 0.392. The largest absolute Gasteiger partial charge is 0.328 e. The van der Waals surface area contributed by atoms with Crippen LogP contribution in [0, 0.1) is 0 Å². The van der Waals surface area contributed by atoms with Gasteiger partial charge in [-0.1, -0.05) is 11.5 Å². The molecule has 1 aliphatic rings. The normalized spacial score (nSPS) is 32.9. The SMILES string of the molecule is [N-]=[N+]=N[C@H]1CCC[C@@H](N)C1. The fraction of sp³-hybridized carbons (Fsp3) is 1.00. The minimum atomic E-state index is 0.161. The van der Waals surface area contributed by atoms with E-state index >= 15 is 0 Å². The van der Waals surface area contributed by atoms with E-state index in [1.807, 2.05) is 0 Å². The van der Waals surface area contributed by atoms with Crippen LogP contribution in [-0.2, 0) is 0 Å². The van der Waals surface area contributed by atoms with Crippen LogP contribution in [0.5, 0.6) is 0 Å². The van der Waals surface area contributed by atoms with Crippen LogP contribution < -0.4 is 5.73 Å². The molecule has 4 nitrogen and oxygen atoms in total. The lowest BCUT2D eigenvalue weighted by Gasteiger charge is -2.22. The van der Waals surface area contributed by atoms with Gasteiger partial charge in [-0.15, -0.1) is 0 Å². The number of rotatable bonds is 1. The average molecular weight is 140 g/mol.